The van der Waals surface area contributed by atoms with Crippen molar-refractivity contribution in [1.82, 2.24) is 0 Å². The Kier molecular flexibility index (Phi) is 2.84. The van der Waals surface area contributed by atoms with Crippen molar-refractivity contribution in [3.63, 3.8) is 0 Å². The van der Waals surface area contributed by atoms with E-state index in [9.17, 15) is 8.78 Å². The predicted molar refractivity (Wildman–Crippen MR) is 65.7 cm³/mol. The second kappa shape index (κ2) is 4.17. The number of halogens is 2. The second-order valence-corrected chi connectivity index (χ2v) is 4.15. The number of anilines is 1. The summed E-state index contributed by atoms with van der Waals surface area (Å²) in [4.78, 5) is 0. The first-order valence-corrected chi connectivity index (χ1v) is 5.31. The van der Waals surface area contributed by atoms with Gasteiger partial charge in [0.1, 0.15) is 11.6 Å². The molecule has 0 aliphatic carbocycles. The first-order valence-electron chi connectivity index (χ1n) is 5.31. The molecule has 0 amide bonds. The summed E-state index contributed by atoms with van der Waals surface area (Å²) >= 11 is 0. The Morgan fingerprint density at radius 1 is 0.882 bits per heavy atom. The minimum Gasteiger partial charge on any atom is -0.398 e. The number of aryl methyl sites for hydroxylation is 2. The lowest BCUT2D eigenvalue weighted by Gasteiger charge is -2.10. The van der Waals surface area contributed by atoms with E-state index in [1.54, 1.807) is 19.1 Å². The van der Waals surface area contributed by atoms with Crippen molar-refractivity contribution in [2.75, 3.05) is 5.73 Å². The lowest BCUT2D eigenvalue weighted by molar-refractivity contribution is 0.624. The van der Waals surface area contributed by atoms with Gasteiger partial charge in [0.05, 0.1) is 0 Å². The van der Waals surface area contributed by atoms with Crippen LogP contribution in [0.5, 0.6) is 0 Å². The molecule has 0 aromatic heterocycles. The Balaban J connectivity index is 2.68. The van der Waals surface area contributed by atoms with Crippen molar-refractivity contribution in [3.05, 3.63) is 53.1 Å². The lowest BCUT2D eigenvalue weighted by atomic mass is 9.98. The third-order valence-electron chi connectivity index (χ3n) is 2.85. The Hall–Kier alpha value is -1.90. The highest BCUT2D eigenvalue weighted by Crippen LogP contribution is 2.30. The van der Waals surface area contributed by atoms with Gasteiger partial charge >= 0.3 is 0 Å². The monoisotopic (exact) mass is 233 g/mol. The van der Waals surface area contributed by atoms with Crippen molar-refractivity contribution in [1.29, 1.82) is 0 Å². The summed E-state index contributed by atoms with van der Waals surface area (Å²) < 4.78 is 27.0. The highest BCUT2D eigenvalue weighted by molar-refractivity contribution is 5.72. The van der Waals surface area contributed by atoms with Gasteiger partial charge in [-0.3, -0.25) is 0 Å². The number of nitrogen functional groups attached to an aromatic ring is 1. The molecule has 0 aliphatic rings. The van der Waals surface area contributed by atoms with Crippen LogP contribution in [0.15, 0.2) is 30.3 Å². The van der Waals surface area contributed by atoms with Crippen LogP contribution < -0.4 is 5.73 Å². The maximum Gasteiger partial charge on any atom is 0.131 e. The van der Waals surface area contributed by atoms with Crippen LogP contribution in [-0.4, -0.2) is 0 Å². The summed E-state index contributed by atoms with van der Waals surface area (Å²) in [5.41, 5.74) is 8.63. The molecule has 0 saturated carbocycles. The molecule has 0 heterocycles. The quantitative estimate of drug-likeness (QED) is 0.744. The molecule has 0 saturated heterocycles. The highest BCUT2D eigenvalue weighted by Gasteiger charge is 2.10. The summed E-state index contributed by atoms with van der Waals surface area (Å²) in [6, 6.07) is 7.22. The van der Waals surface area contributed by atoms with E-state index in [2.05, 4.69) is 0 Å². The zero-order valence-corrected chi connectivity index (χ0v) is 9.72. The number of benzene rings is 2. The molecule has 3 heteroatoms. The van der Waals surface area contributed by atoms with Crippen LogP contribution in [0.1, 0.15) is 11.1 Å². The molecule has 0 spiro atoms. The first kappa shape index (κ1) is 11.6. The van der Waals surface area contributed by atoms with Crippen LogP contribution in [0.4, 0.5) is 14.5 Å². The van der Waals surface area contributed by atoms with Crippen molar-refractivity contribution in [2.45, 2.75) is 13.8 Å². The fourth-order valence-corrected chi connectivity index (χ4v) is 1.78. The van der Waals surface area contributed by atoms with Gasteiger partial charge in [-0.25, -0.2) is 8.78 Å². The van der Waals surface area contributed by atoms with E-state index < -0.39 is 0 Å². The van der Waals surface area contributed by atoms with Gasteiger partial charge in [-0.1, -0.05) is 6.07 Å². The van der Waals surface area contributed by atoms with E-state index in [0.29, 0.717) is 22.4 Å². The fourth-order valence-electron chi connectivity index (χ4n) is 1.78. The molecular weight excluding hydrogens is 220 g/mol. The molecule has 1 nitrogen and oxygen atoms in total. The van der Waals surface area contributed by atoms with E-state index in [1.165, 1.54) is 18.2 Å². The second-order valence-electron chi connectivity index (χ2n) is 4.15. The summed E-state index contributed by atoms with van der Waals surface area (Å²) in [7, 11) is 0. The van der Waals surface area contributed by atoms with Gasteiger partial charge in [-0.2, -0.15) is 0 Å². The zero-order valence-electron chi connectivity index (χ0n) is 9.72. The standard InChI is InChI=1S/C14H13F2N/c1-8-3-4-10(15)6-11(8)12-7-14(17)9(2)5-13(12)16/h3-7H,17H2,1-2H3. The molecule has 88 valence electrons. The van der Waals surface area contributed by atoms with Crippen molar-refractivity contribution < 1.29 is 8.78 Å². The smallest absolute Gasteiger partial charge is 0.131 e. The highest BCUT2D eigenvalue weighted by atomic mass is 19.1. The fraction of sp³-hybridized carbons (Fsp3) is 0.143. The lowest BCUT2D eigenvalue weighted by Crippen LogP contribution is -1.95. The Morgan fingerprint density at radius 3 is 2.29 bits per heavy atom. The van der Waals surface area contributed by atoms with Crippen LogP contribution in [0.25, 0.3) is 11.1 Å². The molecule has 2 rings (SSSR count). The van der Waals surface area contributed by atoms with Crippen LogP contribution in [0.2, 0.25) is 0 Å². The van der Waals surface area contributed by atoms with E-state index in [-0.39, 0.29) is 11.6 Å². The van der Waals surface area contributed by atoms with Crippen LogP contribution >= 0.6 is 0 Å². The Morgan fingerprint density at radius 2 is 1.59 bits per heavy atom. The van der Waals surface area contributed by atoms with Crippen molar-refractivity contribution in [2.24, 2.45) is 0 Å². The largest absolute Gasteiger partial charge is 0.398 e. The van der Waals surface area contributed by atoms with Crippen LogP contribution in [0.3, 0.4) is 0 Å². The number of nitrogens with two attached hydrogens (primary N) is 1. The summed E-state index contributed by atoms with van der Waals surface area (Å²) in [5.74, 6) is -0.769. The molecule has 0 radical (unpaired) electrons. The molecule has 0 fully saturated rings. The van der Waals surface area contributed by atoms with Gasteiger partial charge in [0.25, 0.3) is 0 Å². The molecule has 2 aromatic rings. The average molecular weight is 233 g/mol. The van der Waals surface area contributed by atoms with E-state index >= 15 is 0 Å². The van der Waals surface area contributed by atoms with E-state index in [0.717, 1.165) is 5.56 Å². The number of rotatable bonds is 1. The molecule has 0 atom stereocenters. The van der Waals surface area contributed by atoms with E-state index in [1.807, 2.05) is 6.92 Å². The number of hydrogen-bond donors (Lipinski definition) is 1. The van der Waals surface area contributed by atoms with Gasteiger partial charge in [0.15, 0.2) is 0 Å². The third kappa shape index (κ3) is 2.13. The summed E-state index contributed by atoms with van der Waals surface area (Å²) in [5, 5.41) is 0. The van der Waals surface area contributed by atoms with Crippen molar-refractivity contribution in [3.8, 4) is 11.1 Å². The van der Waals surface area contributed by atoms with Gasteiger partial charge in [0, 0.05) is 11.3 Å². The minimum atomic E-state index is -0.385. The maximum atomic E-state index is 13.8. The van der Waals surface area contributed by atoms with Gasteiger partial charge in [-0.05, 0) is 54.8 Å². The normalized spacial score (nSPS) is 10.6. The molecular formula is C14H13F2N. The molecule has 0 bridgehead atoms. The summed E-state index contributed by atoms with van der Waals surface area (Å²) in [6.07, 6.45) is 0. The Labute approximate surface area is 98.9 Å². The summed E-state index contributed by atoms with van der Waals surface area (Å²) in [6.45, 7) is 3.55. The van der Waals surface area contributed by atoms with Gasteiger partial charge in [0.2, 0.25) is 0 Å². The zero-order chi connectivity index (χ0) is 12.6. The van der Waals surface area contributed by atoms with Crippen molar-refractivity contribution >= 4 is 5.69 Å². The van der Waals surface area contributed by atoms with Crippen LogP contribution in [-0.2, 0) is 0 Å². The molecule has 17 heavy (non-hydrogen) atoms. The maximum absolute atomic E-state index is 13.8. The molecule has 0 aliphatic heterocycles. The van der Waals surface area contributed by atoms with Gasteiger partial charge in [-0.15, -0.1) is 0 Å². The molecule has 0 unspecified atom stereocenters. The third-order valence-corrected chi connectivity index (χ3v) is 2.85. The Bertz CT molecular complexity index is 577. The van der Waals surface area contributed by atoms with Crippen LogP contribution in [0, 0.1) is 25.5 Å². The average Bonchev–Trinajstić information content (AvgIpc) is 2.27. The topological polar surface area (TPSA) is 26.0 Å². The number of hydrogen-bond acceptors (Lipinski definition) is 1. The van der Waals surface area contributed by atoms with Gasteiger partial charge < -0.3 is 5.73 Å². The molecule has 2 N–H and O–H groups in total. The predicted octanol–water partition coefficient (Wildman–Crippen LogP) is 3.83. The SMILES string of the molecule is Cc1cc(F)c(-c2cc(F)ccc2C)cc1N. The minimum absolute atomic E-state index is 0.338. The molecule has 2 aromatic carbocycles. The first-order chi connectivity index (χ1) is 7.99. The van der Waals surface area contributed by atoms with E-state index in [4.69, 9.17) is 5.73 Å².